The molecule has 1 amide bonds. The SMILES string of the molecule is COc1cc(/C=C/C(=O)Nc2ccccc2C(=O)O)ccc1OCc1ccc(C(F)(F)F)cc1. The molecule has 0 atom stereocenters. The number of carbonyl (C=O) groups excluding carboxylic acids is 1. The van der Waals surface area contributed by atoms with Crippen molar-refractivity contribution in [1.82, 2.24) is 0 Å². The summed E-state index contributed by atoms with van der Waals surface area (Å²) in [5.41, 5.74) is 0.577. The van der Waals surface area contributed by atoms with Crippen LogP contribution in [-0.2, 0) is 17.6 Å². The van der Waals surface area contributed by atoms with E-state index in [4.69, 9.17) is 9.47 Å². The summed E-state index contributed by atoms with van der Waals surface area (Å²) in [7, 11) is 1.43. The Balaban J connectivity index is 1.65. The number of carbonyl (C=O) groups is 2. The van der Waals surface area contributed by atoms with Gasteiger partial charge in [-0.1, -0.05) is 30.3 Å². The normalized spacial score (nSPS) is 11.3. The van der Waals surface area contributed by atoms with Gasteiger partial charge in [0.1, 0.15) is 6.61 Å². The molecule has 0 aromatic heterocycles. The Kier molecular flexibility index (Phi) is 7.57. The Morgan fingerprint density at radius 3 is 2.35 bits per heavy atom. The first kappa shape index (κ1) is 24.4. The van der Waals surface area contributed by atoms with Crippen molar-refractivity contribution in [2.24, 2.45) is 0 Å². The fourth-order valence-corrected chi connectivity index (χ4v) is 2.98. The summed E-state index contributed by atoms with van der Waals surface area (Å²) >= 11 is 0. The third-order valence-electron chi connectivity index (χ3n) is 4.71. The molecule has 0 saturated heterocycles. The summed E-state index contributed by atoms with van der Waals surface area (Å²) in [6.45, 7) is 0.0368. The summed E-state index contributed by atoms with van der Waals surface area (Å²) in [5, 5.41) is 11.7. The second-order valence-corrected chi connectivity index (χ2v) is 7.07. The number of rotatable bonds is 8. The van der Waals surface area contributed by atoms with Gasteiger partial charge >= 0.3 is 12.1 Å². The first-order valence-electron chi connectivity index (χ1n) is 9.95. The maximum absolute atomic E-state index is 12.7. The number of halogens is 3. The van der Waals surface area contributed by atoms with Crippen molar-refractivity contribution < 1.29 is 37.3 Å². The van der Waals surface area contributed by atoms with Gasteiger partial charge in [0.2, 0.25) is 5.91 Å². The van der Waals surface area contributed by atoms with E-state index in [1.165, 1.54) is 43.5 Å². The number of amides is 1. The van der Waals surface area contributed by atoms with E-state index in [-0.39, 0.29) is 17.9 Å². The number of nitrogens with one attached hydrogen (secondary N) is 1. The van der Waals surface area contributed by atoms with E-state index in [0.717, 1.165) is 12.1 Å². The van der Waals surface area contributed by atoms with Crippen molar-refractivity contribution >= 4 is 23.6 Å². The van der Waals surface area contributed by atoms with Gasteiger partial charge in [-0.15, -0.1) is 0 Å². The van der Waals surface area contributed by atoms with Gasteiger partial charge in [0, 0.05) is 6.08 Å². The lowest BCUT2D eigenvalue weighted by atomic mass is 10.1. The zero-order valence-electron chi connectivity index (χ0n) is 17.9. The smallest absolute Gasteiger partial charge is 0.416 e. The number of carboxylic acid groups (broad SMARTS) is 1. The van der Waals surface area contributed by atoms with Crippen LogP contribution in [0.2, 0.25) is 0 Å². The lowest BCUT2D eigenvalue weighted by molar-refractivity contribution is -0.137. The van der Waals surface area contributed by atoms with Crippen LogP contribution < -0.4 is 14.8 Å². The van der Waals surface area contributed by atoms with Gasteiger partial charge in [0.25, 0.3) is 0 Å². The molecule has 176 valence electrons. The average Bonchev–Trinajstić information content (AvgIpc) is 2.81. The van der Waals surface area contributed by atoms with E-state index in [2.05, 4.69) is 5.32 Å². The first-order chi connectivity index (χ1) is 16.2. The van der Waals surface area contributed by atoms with Gasteiger partial charge in [-0.3, -0.25) is 4.79 Å². The second kappa shape index (κ2) is 10.6. The highest BCUT2D eigenvalue weighted by Gasteiger charge is 2.29. The molecule has 0 saturated carbocycles. The Bertz CT molecular complexity index is 1200. The maximum atomic E-state index is 12.7. The van der Waals surface area contributed by atoms with Crippen molar-refractivity contribution in [2.75, 3.05) is 12.4 Å². The lowest BCUT2D eigenvalue weighted by Gasteiger charge is -2.12. The fourth-order valence-electron chi connectivity index (χ4n) is 2.98. The molecule has 0 spiro atoms. The van der Waals surface area contributed by atoms with E-state index in [0.29, 0.717) is 22.6 Å². The minimum atomic E-state index is -4.40. The quantitative estimate of drug-likeness (QED) is 0.415. The molecule has 3 aromatic carbocycles. The van der Waals surface area contributed by atoms with Crippen LogP contribution in [0.4, 0.5) is 18.9 Å². The number of aromatic carboxylic acids is 1. The molecule has 6 nitrogen and oxygen atoms in total. The Morgan fingerprint density at radius 1 is 1.00 bits per heavy atom. The van der Waals surface area contributed by atoms with Crippen LogP contribution in [0.15, 0.2) is 72.8 Å². The third kappa shape index (κ3) is 6.38. The summed E-state index contributed by atoms with van der Waals surface area (Å²) in [6.07, 6.45) is -1.64. The maximum Gasteiger partial charge on any atom is 0.416 e. The number of methoxy groups -OCH3 is 1. The molecule has 0 radical (unpaired) electrons. The molecule has 0 aliphatic heterocycles. The second-order valence-electron chi connectivity index (χ2n) is 7.07. The largest absolute Gasteiger partial charge is 0.493 e. The number of hydrogen-bond donors (Lipinski definition) is 2. The van der Waals surface area contributed by atoms with Gasteiger partial charge in [0.15, 0.2) is 11.5 Å². The molecule has 0 unspecified atom stereocenters. The number of alkyl halides is 3. The van der Waals surface area contributed by atoms with Crippen molar-refractivity contribution in [3.05, 3.63) is 95.1 Å². The van der Waals surface area contributed by atoms with E-state index in [9.17, 15) is 27.9 Å². The number of para-hydroxylation sites is 1. The number of hydrogen-bond acceptors (Lipinski definition) is 4. The van der Waals surface area contributed by atoms with E-state index < -0.39 is 23.6 Å². The first-order valence-corrected chi connectivity index (χ1v) is 9.95. The standard InChI is InChI=1S/C25H20F3NO5/c1-33-22-14-16(9-13-23(30)29-20-5-3-2-4-19(20)24(31)32)8-12-21(22)34-15-17-6-10-18(11-7-17)25(26,27)28/h2-14H,15H2,1H3,(H,29,30)(H,31,32)/b13-9+. The minimum Gasteiger partial charge on any atom is -0.493 e. The van der Waals surface area contributed by atoms with Gasteiger partial charge in [0.05, 0.1) is 23.9 Å². The Morgan fingerprint density at radius 2 is 1.71 bits per heavy atom. The van der Waals surface area contributed by atoms with Crippen LogP contribution in [0, 0.1) is 0 Å². The monoisotopic (exact) mass is 471 g/mol. The Labute approximate surface area is 193 Å². The van der Waals surface area contributed by atoms with Crippen LogP contribution in [0.1, 0.15) is 27.0 Å². The van der Waals surface area contributed by atoms with Crippen LogP contribution in [-0.4, -0.2) is 24.1 Å². The number of carboxylic acids is 1. The highest BCUT2D eigenvalue weighted by molar-refractivity contribution is 6.06. The molecule has 2 N–H and O–H groups in total. The molecule has 0 fully saturated rings. The molecule has 34 heavy (non-hydrogen) atoms. The van der Waals surface area contributed by atoms with Crippen LogP contribution in [0.3, 0.4) is 0 Å². The van der Waals surface area contributed by atoms with E-state index in [1.807, 2.05) is 0 Å². The minimum absolute atomic E-state index is 0.0273. The van der Waals surface area contributed by atoms with Gasteiger partial charge < -0.3 is 19.9 Å². The highest BCUT2D eigenvalue weighted by atomic mass is 19.4. The van der Waals surface area contributed by atoms with Crippen molar-refractivity contribution in [3.63, 3.8) is 0 Å². The lowest BCUT2D eigenvalue weighted by Crippen LogP contribution is -2.11. The van der Waals surface area contributed by atoms with Crippen LogP contribution >= 0.6 is 0 Å². The topological polar surface area (TPSA) is 84.9 Å². The highest BCUT2D eigenvalue weighted by Crippen LogP contribution is 2.31. The number of anilines is 1. The molecular weight excluding hydrogens is 451 g/mol. The zero-order chi connectivity index (χ0) is 24.7. The van der Waals surface area contributed by atoms with E-state index in [1.54, 1.807) is 30.3 Å². The van der Waals surface area contributed by atoms with E-state index >= 15 is 0 Å². The number of ether oxygens (including phenoxy) is 2. The third-order valence-corrected chi connectivity index (χ3v) is 4.71. The Hall–Kier alpha value is -4.27. The fraction of sp³-hybridized carbons (Fsp3) is 0.120. The molecule has 0 heterocycles. The van der Waals surface area contributed by atoms with Crippen LogP contribution in [0.25, 0.3) is 6.08 Å². The van der Waals surface area contributed by atoms with Gasteiger partial charge in [-0.05, 0) is 53.6 Å². The summed E-state index contributed by atoms with van der Waals surface area (Å²) in [5.74, 6) is -0.933. The molecule has 0 bridgehead atoms. The summed E-state index contributed by atoms with van der Waals surface area (Å²) in [4.78, 5) is 23.5. The number of benzene rings is 3. The average molecular weight is 471 g/mol. The summed E-state index contributed by atoms with van der Waals surface area (Å²) in [6, 6.07) is 15.6. The van der Waals surface area contributed by atoms with Crippen molar-refractivity contribution in [1.29, 1.82) is 0 Å². The predicted molar refractivity (Wildman–Crippen MR) is 120 cm³/mol. The van der Waals surface area contributed by atoms with Crippen molar-refractivity contribution in [3.8, 4) is 11.5 Å². The van der Waals surface area contributed by atoms with Crippen molar-refractivity contribution in [2.45, 2.75) is 12.8 Å². The van der Waals surface area contributed by atoms with Gasteiger partial charge in [-0.2, -0.15) is 13.2 Å². The summed E-state index contributed by atoms with van der Waals surface area (Å²) < 4.78 is 49.0. The van der Waals surface area contributed by atoms with Gasteiger partial charge in [-0.25, -0.2) is 4.79 Å². The van der Waals surface area contributed by atoms with Crippen LogP contribution in [0.5, 0.6) is 11.5 Å². The molecule has 0 aliphatic rings. The molecule has 3 rings (SSSR count). The zero-order valence-corrected chi connectivity index (χ0v) is 17.9. The molecule has 3 aromatic rings. The molecule has 9 heteroatoms. The molecular formula is C25H20F3NO5. The predicted octanol–water partition coefficient (Wildman–Crippen LogP) is 5.64. The molecule has 0 aliphatic carbocycles.